The van der Waals surface area contributed by atoms with E-state index in [0.29, 0.717) is 23.4 Å². The largest absolute Gasteiger partial charge is 0.435 e. The second-order valence-electron chi connectivity index (χ2n) is 6.26. The number of nitrogens with one attached hydrogen (secondary N) is 1. The van der Waals surface area contributed by atoms with Crippen LogP contribution in [0.3, 0.4) is 0 Å². The summed E-state index contributed by atoms with van der Waals surface area (Å²) in [5.41, 5.74) is 3.19. The molecular formula is C22H20F2N2O2S. The van der Waals surface area contributed by atoms with Gasteiger partial charge < -0.3 is 10.1 Å². The first-order valence-corrected chi connectivity index (χ1v) is 10.1. The number of rotatable bonds is 9. The fourth-order valence-electron chi connectivity index (χ4n) is 2.76. The van der Waals surface area contributed by atoms with Gasteiger partial charge in [-0.1, -0.05) is 30.3 Å². The Balaban J connectivity index is 1.63. The molecule has 150 valence electrons. The number of alkyl halides is 2. The van der Waals surface area contributed by atoms with Gasteiger partial charge in [0.05, 0.1) is 5.75 Å². The molecule has 0 atom stereocenters. The Kier molecular flexibility index (Phi) is 7.58. The molecule has 0 bridgehead atoms. The summed E-state index contributed by atoms with van der Waals surface area (Å²) in [7, 11) is 0. The lowest BCUT2D eigenvalue weighted by Gasteiger charge is -2.13. The molecule has 3 rings (SSSR count). The van der Waals surface area contributed by atoms with Crippen LogP contribution in [0.1, 0.15) is 16.7 Å². The Morgan fingerprint density at radius 3 is 2.52 bits per heavy atom. The van der Waals surface area contributed by atoms with Crippen molar-refractivity contribution in [3.63, 3.8) is 0 Å². The number of nitrogens with zero attached hydrogens (tertiary/aromatic N) is 1. The number of anilines is 1. The molecular weight excluding hydrogens is 394 g/mol. The number of amides is 1. The van der Waals surface area contributed by atoms with Crippen molar-refractivity contribution >= 4 is 23.4 Å². The van der Waals surface area contributed by atoms with E-state index < -0.39 is 6.61 Å². The van der Waals surface area contributed by atoms with E-state index in [-0.39, 0.29) is 17.4 Å². The summed E-state index contributed by atoms with van der Waals surface area (Å²) < 4.78 is 30.1. The Bertz CT molecular complexity index is 925. The predicted molar refractivity (Wildman–Crippen MR) is 111 cm³/mol. The molecule has 0 saturated heterocycles. The number of benzene rings is 2. The Morgan fingerprint density at radius 2 is 1.79 bits per heavy atom. The van der Waals surface area contributed by atoms with Crippen LogP contribution in [0.25, 0.3) is 0 Å². The van der Waals surface area contributed by atoms with Crippen molar-refractivity contribution in [1.82, 2.24) is 4.98 Å². The molecule has 3 aromatic rings. The molecule has 4 nitrogen and oxygen atoms in total. The number of pyridine rings is 1. The highest BCUT2D eigenvalue weighted by molar-refractivity contribution is 7.99. The molecule has 1 aromatic heterocycles. The third-order valence-corrected chi connectivity index (χ3v) is 5.05. The van der Waals surface area contributed by atoms with Crippen LogP contribution in [0, 0.1) is 0 Å². The van der Waals surface area contributed by atoms with Gasteiger partial charge in [0.1, 0.15) is 5.75 Å². The lowest BCUT2D eigenvalue weighted by atomic mass is 10.0. The van der Waals surface area contributed by atoms with Crippen molar-refractivity contribution in [2.75, 3.05) is 11.1 Å². The number of aromatic nitrogens is 1. The average molecular weight is 414 g/mol. The Labute approximate surface area is 172 Å². The summed E-state index contributed by atoms with van der Waals surface area (Å²) in [5, 5.41) is 2.82. The van der Waals surface area contributed by atoms with Crippen LogP contribution in [0.4, 0.5) is 14.5 Å². The van der Waals surface area contributed by atoms with Crippen LogP contribution in [0.15, 0.2) is 73.1 Å². The number of hydrogen-bond donors (Lipinski definition) is 1. The molecule has 1 heterocycles. The summed E-state index contributed by atoms with van der Waals surface area (Å²) in [5.74, 6) is 0.938. The molecule has 29 heavy (non-hydrogen) atoms. The zero-order valence-electron chi connectivity index (χ0n) is 15.6. The second-order valence-corrected chi connectivity index (χ2v) is 7.25. The number of halogens is 2. The van der Waals surface area contributed by atoms with Crippen molar-refractivity contribution in [2.24, 2.45) is 0 Å². The monoisotopic (exact) mass is 414 g/mol. The van der Waals surface area contributed by atoms with Gasteiger partial charge in [0.25, 0.3) is 0 Å². The minimum absolute atomic E-state index is 0.105. The first-order chi connectivity index (χ1) is 14.1. The van der Waals surface area contributed by atoms with E-state index in [9.17, 15) is 13.6 Å². The van der Waals surface area contributed by atoms with Crippen LogP contribution >= 0.6 is 11.8 Å². The highest BCUT2D eigenvalue weighted by Gasteiger charge is 2.12. The molecule has 0 aliphatic rings. The first-order valence-electron chi connectivity index (χ1n) is 8.98. The minimum Gasteiger partial charge on any atom is -0.435 e. The van der Waals surface area contributed by atoms with Crippen molar-refractivity contribution in [1.29, 1.82) is 0 Å². The first kappa shape index (κ1) is 20.8. The number of thioether (sulfide) groups is 1. The fraction of sp³-hybridized carbons (Fsp3) is 0.182. The molecule has 0 unspecified atom stereocenters. The van der Waals surface area contributed by atoms with Crippen molar-refractivity contribution in [2.45, 2.75) is 18.8 Å². The minimum atomic E-state index is -2.91. The van der Waals surface area contributed by atoms with Gasteiger partial charge in [-0.05, 0) is 41.5 Å². The maximum absolute atomic E-state index is 12.7. The lowest BCUT2D eigenvalue weighted by Crippen LogP contribution is -2.14. The van der Waals surface area contributed by atoms with Crippen molar-refractivity contribution < 1.29 is 18.3 Å². The Hall–Kier alpha value is -2.93. The van der Waals surface area contributed by atoms with Gasteiger partial charge in [-0.3, -0.25) is 9.78 Å². The summed E-state index contributed by atoms with van der Waals surface area (Å²) in [6, 6.07) is 18.0. The van der Waals surface area contributed by atoms with Gasteiger partial charge >= 0.3 is 6.61 Å². The third-order valence-electron chi connectivity index (χ3n) is 4.05. The number of carbonyl (C=O) groups is 1. The summed E-state index contributed by atoms with van der Waals surface area (Å²) >= 11 is 1.49. The van der Waals surface area contributed by atoms with Gasteiger partial charge in [-0.2, -0.15) is 8.78 Å². The number of hydrogen-bond acceptors (Lipinski definition) is 4. The van der Waals surface area contributed by atoms with Crippen LogP contribution < -0.4 is 10.1 Å². The molecule has 2 aromatic carbocycles. The molecule has 0 fully saturated rings. The van der Waals surface area contributed by atoms with E-state index in [2.05, 4.69) is 15.0 Å². The van der Waals surface area contributed by atoms with Crippen LogP contribution in [0.5, 0.6) is 5.75 Å². The predicted octanol–water partition coefficient (Wildman–Crippen LogP) is 5.15. The van der Waals surface area contributed by atoms with E-state index in [1.54, 1.807) is 24.5 Å². The molecule has 1 N–H and O–H groups in total. The molecule has 0 radical (unpaired) electrons. The van der Waals surface area contributed by atoms with Gasteiger partial charge in [0, 0.05) is 35.8 Å². The summed E-state index contributed by atoms with van der Waals surface area (Å²) in [4.78, 5) is 16.2. The summed E-state index contributed by atoms with van der Waals surface area (Å²) in [6.07, 6.45) is 3.85. The smallest absolute Gasteiger partial charge is 0.387 e. The SMILES string of the molecule is O=C(CSCc1ccncc1)Nc1ccc(OC(F)F)c(Cc2ccccc2)c1. The third kappa shape index (κ3) is 6.87. The zero-order valence-corrected chi connectivity index (χ0v) is 16.4. The van der Waals surface area contributed by atoms with Crippen molar-refractivity contribution in [3.8, 4) is 5.75 Å². The molecule has 0 saturated carbocycles. The topological polar surface area (TPSA) is 51.2 Å². The number of ether oxygens (including phenoxy) is 1. The van der Waals surface area contributed by atoms with Crippen LogP contribution in [-0.4, -0.2) is 23.3 Å². The van der Waals surface area contributed by atoms with E-state index >= 15 is 0 Å². The quantitative estimate of drug-likeness (QED) is 0.526. The highest BCUT2D eigenvalue weighted by Crippen LogP contribution is 2.27. The van der Waals surface area contributed by atoms with Gasteiger partial charge in [0.15, 0.2) is 0 Å². The molecule has 0 aliphatic carbocycles. The van der Waals surface area contributed by atoms with E-state index in [1.807, 2.05) is 42.5 Å². The second kappa shape index (κ2) is 10.6. The highest BCUT2D eigenvalue weighted by atomic mass is 32.2. The standard InChI is InChI=1S/C22H20F2N2O2S/c23-22(24)28-20-7-6-19(13-18(20)12-16-4-2-1-3-5-16)26-21(27)15-29-14-17-8-10-25-11-9-17/h1-11,13,22H,12,14-15H2,(H,26,27). The lowest BCUT2D eigenvalue weighted by molar-refractivity contribution is -0.113. The molecule has 7 heteroatoms. The van der Waals surface area contributed by atoms with E-state index in [0.717, 1.165) is 11.1 Å². The maximum Gasteiger partial charge on any atom is 0.387 e. The fourth-order valence-corrected chi connectivity index (χ4v) is 3.55. The van der Waals surface area contributed by atoms with Gasteiger partial charge in [0.2, 0.25) is 5.91 Å². The van der Waals surface area contributed by atoms with E-state index in [1.165, 1.54) is 17.8 Å². The zero-order chi connectivity index (χ0) is 20.5. The van der Waals surface area contributed by atoms with Crippen LogP contribution in [0.2, 0.25) is 0 Å². The Morgan fingerprint density at radius 1 is 1.03 bits per heavy atom. The normalized spacial score (nSPS) is 10.7. The molecule has 1 amide bonds. The van der Waals surface area contributed by atoms with E-state index in [4.69, 9.17) is 0 Å². The number of carbonyl (C=O) groups excluding carboxylic acids is 1. The molecule has 0 spiro atoms. The van der Waals surface area contributed by atoms with Crippen molar-refractivity contribution in [3.05, 3.63) is 89.7 Å². The van der Waals surface area contributed by atoms with Gasteiger partial charge in [-0.25, -0.2) is 0 Å². The average Bonchev–Trinajstić information content (AvgIpc) is 2.71. The van der Waals surface area contributed by atoms with Crippen LogP contribution in [-0.2, 0) is 17.0 Å². The van der Waals surface area contributed by atoms with Gasteiger partial charge in [-0.15, -0.1) is 11.8 Å². The summed E-state index contributed by atoms with van der Waals surface area (Å²) in [6.45, 7) is -2.91. The maximum atomic E-state index is 12.7. The molecule has 0 aliphatic heterocycles.